The highest BCUT2D eigenvalue weighted by atomic mass is 127. The summed E-state index contributed by atoms with van der Waals surface area (Å²) in [5, 5.41) is 6.94. The van der Waals surface area contributed by atoms with E-state index in [1.165, 1.54) is 24.8 Å². The maximum atomic E-state index is 3.58. The largest absolute Gasteiger partial charge is 0.309 e. The van der Waals surface area contributed by atoms with Crippen molar-refractivity contribution in [3.8, 4) is 0 Å². The van der Waals surface area contributed by atoms with Crippen LogP contribution in [0.5, 0.6) is 0 Å². The second-order valence-electron chi connectivity index (χ2n) is 4.57. The summed E-state index contributed by atoms with van der Waals surface area (Å²) in [6, 6.07) is 15.4. The lowest BCUT2D eigenvalue weighted by molar-refractivity contribution is 0.694. The molecule has 1 heterocycles. The van der Waals surface area contributed by atoms with Crippen LogP contribution in [0.4, 0.5) is 0 Å². The number of benzene rings is 2. The first-order valence-electron chi connectivity index (χ1n) is 6.29. The third kappa shape index (κ3) is 2.66. The van der Waals surface area contributed by atoms with Gasteiger partial charge in [-0.2, -0.15) is 0 Å². The molecule has 20 heavy (non-hydrogen) atoms. The van der Waals surface area contributed by atoms with E-state index >= 15 is 0 Å². The van der Waals surface area contributed by atoms with Crippen LogP contribution in [-0.2, 0) is 0 Å². The van der Waals surface area contributed by atoms with Crippen molar-refractivity contribution < 1.29 is 0 Å². The highest BCUT2D eigenvalue weighted by Crippen LogP contribution is 2.34. The standard InChI is InChI=1S/C16H13BrINS/c1-19-15(13-9-11(17)5-6-14(13)18)12-4-2-3-10-7-8-20-16(10)12/h2-9,15,19H,1H3. The van der Waals surface area contributed by atoms with Crippen molar-refractivity contribution in [2.75, 3.05) is 7.05 Å². The fraction of sp³-hybridized carbons (Fsp3) is 0.125. The third-order valence-corrected chi connectivity index (χ3v) is 5.83. The average Bonchev–Trinajstić information content (AvgIpc) is 2.92. The number of hydrogen-bond donors (Lipinski definition) is 1. The number of rotatable bonds is 3. The van der Waals surface area contributed by atoms with Gasteiger partial charge in [0.05, 0.1) is 6.04 Å². The summed E-state index contributed by atoms with van der Waals surface area (Å²) in [5.41, 5.74) is 2.65. The van der Waals surface area contributed by atoms with Gasteiger partial charge in [0.2, 0.25) is 0 Å². The van der Waals surface area contributed by atoms with Crippen LogP contribution >= 0.6 is 49.9 Å². The van der Waals surface area contributed by atoms with E-state index < -0.39 is 0 Å². The van der Waals surface area contributed by atoms with Crippen molar-refractivity contribution in [1.29, 1.82) is 0 Å². The van der Waals surface area contributed by atoms with Gasteiger partial charge >= 0.3 is 0 Å². The molecule has 0 fully saturated rings. The van der Waals surface area contributed by atoms with E-state index in [1.54, 1.807) is 0 Å². The Balaban J connectivity index is 2.19. The zero-order valence-corrected chi connectivity index (χ0v) is 15.4. The van der Waals surface area contributed by atoms with Crippen LogP contribution in [0.15, 0.2) is 52.3 Å². The molecule has 2 aromatic carbocycles. The zero-order chi connectivity index (χ0) is 14.1. The fourth-order valence-electron chi connectivity index (χ4n) is 2.46. The lowest BCUT2D eigenvalue weighted by Crippen LogP contribution is -2.18. The average molecular weight is 458 g/mol. The second kappa shape index (κ2) is 6.13. The van der Waals surface area contributed by atoms with Crippen LogP contribution < -0.4 is 5.32 Å². The van der Waals surface area contributed by atoms with E-state index in [0.717, 1.165) is 4.47 Å². The molecule has 0 saturated carbocycles. The normalized spacial score (nSPS) is 12.8. The Bertz CT molecular complexity index is 753. The van der Waals surface area contributed by atoms with Crippen LogP contribution in [0.2, 0.25) is 0 Å². The van der Waals surface area contributed by atoms with Crippen molar-refractivity contribution in [1.82, 2.24) is 5.32 Å². The fourth-order valence-corrected chi connectivity index (χ4v) is 4.43. The van der Waals surface area contributed by atoms with Crippen LogP contribution in [-0.4, -0.2) is 7.05 Å². The summed E-state index contributed by atoms with van der Waals surface area (Å²) in [5.74, 6) is 0. The lowest BCUT2D eigenvalue weighted by atomic mass is 9.98. The van der Waals surface area contributed by atoms with E-state index in [-0.39, 0.29) is 6.04 Å². The topological polar surface area (TPSA) is 12.0 Å². The molecule has 4 heteroatoms. The first kappa shape index (κ1) is 14.5. The molecule has 1 N–H and O–H groups in total. The predicted molar refractivity (Wildman–Crippen MR) is 99.6 cm³/mol. The molecule has 3 rings (SSSR count). The summed E-state index contributed by atoms with van der Waals surface area (Å²) in [4.78, 5) is 0. The molecule has 0 aliphatic rings. The van der Waals surface area contributed by atoms with E-state index in [9.17, 15) is 0 Å². The van der Waals surface area contributed by atoms with Crippen molar-refractivity contribution in [3.63, 3.8) is 0 Å². The predicted octanol–water partition coefficient (Wildman–Crippen LogP) is 5.58. The highest BCUT2D eigenvalue weighted by Gasteiger charge is 2.18. The Kier molecular flexibility index (Phi) is 4.45. The number of fused-ring (bicyclic) bond motifs is 1. The van der Waals surface area contributed by atoms with Crippen molar-refractivity contribution >= 4 is 59.9 Å². The molecule has 1 nitrogen and oxygen atoms in total. The summed E-state index contributed by atoms with van der Waals surface area (Å²) >= 11 is 7.80. The minimum Gasteiger partial charge on any atom is -0.309 e. The first-order chi connectivity index (χ1) is 9.70. The van der Waals surface area contributed by atoms with E-state index in [2.05, 4.69) is 91.7 Å². The molecule has 0 amide bonds. The van der Waals surface area contributed by atoms with Gasteiger partial charge in [-0.25, -0.2) is 0 Å². The Morgan fingerprint density at radius 1 is 1.15 bits per heavy atom. The van der Waals surface area contributed by atoms with Gasteiger partial charge in [0.15, 0.2) is 0 Å². The quantitative estimate of drug-likeness (QED) is 0.506. The molecule has 3 aromatic rings. The van der Waals surface area contributed by atoms with Crippen LogP contribution in [0, 0.1) is 3.57 Å². The summed E-state index contributed by atoms with van der Waals surface area (Å²) in [6.45, 7) is 0. The molecule has 0 aliphatic carbocycles. The number of hydrogen-bond acceptors (Lipinski definition) is 2. The van der Waals surface area contributed by atoms with Gasteiger partial charge < -0.3 is 5.32 Å². The van der Waals surface area contributed by atoms with Crippen molar-refractivity contribution in [3.05, 3.63) is 67.0 Å². The number of halogens is 2. The number of thiophene rings is 1. The summed E-state index contributed by atoms with van der Waals surface area (Å²) in [6.07, 6.45) is 0. The van der Waals surface area contributed by atoms with Gasteiger partial charge in [-0.05, 0) is 75.8 Å². The lowest BCUT2D eigenvalue weighted by Gasteiger charge is -2.20. The van der Waals surface area contributed by atoms with Gasteiger partial charge in [-0.1, -0.05) is 34.1 Å². The third-order valence-electron chi connectivity index (χ3n) is 3.38. The van der Waals surface area contributed by atoms with Gasteiger partial charge in [0.1, 0.15) is 0 Å². The van der Waals surface area contributed by atoms with Gasteiger partial charge in [-0.15, -0.1) is 11.3 Å². The number of nitrogens with one attached hydrogen (secondary N) is 1. The smallest absolute Gasteiger partial charge is 0.0599 e. The van der Waals surface area contributed by atoms with Gasteiger partial charge in [0, 0.05) is 12.7 Å². The van der Waals surface area contributed by atoms with Crippen LogP contribution in [0.1, 0.15) is 17.2 Å². The summed E-state index contributed by atoms with van der Waals surface area (Å²) < 4.78 is 3.76. The minimum absolute atomic E-state index is 0.210. The monoisotopic (exact) mass is 457 g/mol. The van der Waals surface area contributed by atoms with Crippen LogP contribution in [0.3, 0.4) is 0 Å². The Labute approximate surface area is 144 Å². The maximum Gasteiger partial charge on any atom is 0.0599 e. The molecule has 102 valence electrons. The molecule has 1 unspecified atom stereocenters. The van der Waals surface area contributed by atoms with Crippen LogP contribution in [0.25, 0.3) is 10.1 Å². The van der Waals surface area contributed by atoms with Crippen molar-refractivity contribution in [2.45, 2.75) is 6.04 Å². The molecular formula is C16H13BrINS. The van der Waals surface area contributed by atoms with Crippen molar-refractivity contribution in [2.24, 2.45) is 0 Å². The van der Waals surface area contributed by atoms with E-state index in [4.69, 9.17) is 0 Å². The molecule has 0 radical (unpaired) electrons. The van der Waals surface area contributed by atoms with E-state index in [0.29, 0.717) is 0 Å². The Morgan fingerprint density at radius 3 is 2.80 bits per heavy atom. The second-order valence-corrected chi connectivity index (χ2v) is 7.57. The SMILES string of the molecule is CNC(c1cc(Br)ccc1I)c1cccc2ccsc12. The molecule has 0 aliphatic heterocycles. The highest BCUT2D eigenvalue weighted by molar-refractivity contribution is 14.1. The summed E-state index contributed by atoms with van der Waals surface area (Å²) in [7, 11) is 2.02. The zero-order valence-electron chi connectivity index (χ0n) is 10.9. The molecular weight excluding hydrogens is 445 g/mol. The Hall–Kier alpha value is -0.430. The Morgan fingerprint density at radius 2 is 2.00 bits per heavy atom. The van der Waals surface area contributed by atoms with Gasteiger partial charge in [-0.3, -0.25) is 0 Å². The van der Waals surface area contributed by atoms with E-state index in [1.807, 2.05) is 18.4 Å². The molecule has 0 saturated heterocycles. The molecule has 0 bridgehead atoms. The molecule has 0 spiro atoms. The van der Waals surface area contributed by atoms with Gasteiger partial charge in [0.25, 0.3) is 0 Å². The maximum absolute atomic E-state index is 3.58. The first-order valence-corrected chi connectivity index (χ1v) is 9.04. The minimum atomic E-state index is 0.210. The molecule has 1 aromatic heterocycles. The molecule has 1 atom stereocenters.